The molecule has 0 aliphatic carbocycles. The van der Waals surface area contributed by atoms with E-state index < -0.39 is 11.4 Å². The molecule has 0 aromatic heterocycles. The van der Waals surface area contributed by atoms with E-state index in [1.54, 1.807) is 17.0 Å². The lowest BCUT2D eigenvalue weighted by atomic mass is 10.0. The molecule has 0 unspecified atom stereocenters. The molecule has 5 heteroatoms. The van der Waals surface area contributed by atoms with Crippen molar-refractivity contribution < 1.29 is 9.18 Å². The van der Waals surface area contributed by atoms with Gasteiger partial charge in [0.05, 0.1) is 11.2 Å². The van der Waals surface area contributed by atoms with Crippen molar-refractivity contribution in [2.45, 2.75) is 32.7 Å². The maximum Gasteiger partial charge on any atom is 0.322 e. The molecule has 2 amide bonds. The van der Waals surface area contributed by atoms with Crippen molar-refractivity contribution in [3.05, 3.63) is 30.1 Å². The van der Waals surface area contributed by atoms with Crippen molar-refractivity contribution >= 4 is 11.7 Å². The van der Waals surface area contributed by atoms with Gasteiger partial charge in [0.15, 0.2) is 0 Å². The van der Waals surface area contributed by atoms with Gasteiger partial charge in [0.2, 0.25) is 0 Å². The van der Waals surface area contributed by atoms with Crippen LogP contribution in [-0.2, 0) is 0 Å². The third-order valence-electron chi connectivity index (χ3n) is 3.04. The Bertz CT molecular complexity index is 434. The smallest absolute Gasteiger partial charge is 0.322 e. The maximum absolute atomic E-state index is 13.5. The second kappa shape index (κ2) is 6.52. The molecular weight excluding hydrogens is 245 g/mol. The van der Waals surface area contributed by atoms with E-state index in [-0.39, 0.29) is 11.7 Å². The molecule has 4 nitrogen and oxygen atoms in total. The molecule has 106 valence electrons. The predicted molar refractivity (Wildman–Crippen MR) is 75.5 cm³/mol. The zero-order chi connectivity index (χ0) is 14.5. The number of nitrogens with one attached hydrogen (secondary N) is 1. The number of hydrogen-bond acceptors (Lipinski definition) is 2. The molecule has 0 radical (unpaired) electrons. The van der Waals surface area contributed by atoms with Crippen molar-refractivity contribution in [3.8, 4) is 0 Å². The van der Waals surface area contributed by atoms with Crippen molar-refractivity contribution in [1.29, 1.82) is 0 Å². The average molecular weight is 267 g/mol. The Morgan fingerprint density at radius 2 is 2.05 bits per heavy atom. The fourth-order valence-corrected chi connectivity index (χ4v) is 1.76. The highest BCUT2D eigenvalue weighted by molar-refractivity contribution is 5.90. The Morgan fingerprint density at radius 3 is 2.58 bits per heavy atom. The monoisotopic (exact) mass is 267 g/mol. The SMILES string of the molecule is CCCN(C(=O)Nc1ccccc1F)C(C)(C)CN. The topological polar surface area (TPSA) is 58.4 Å². The molecule has 1 aromatic carbocycles. The van der Waals surface area contributed by atoms with Crippen LogP contribution < -0.4 is 11.1 Å². The summed E-state index contributed by atoms with van der Waals surface area (Å²) in [5, 5.41) is 2.59. The van der Waals surface area contributed by atoms with Crippen LogP contribution in [-0.4, -0.2) is 29.6 Å². The second-order valence-electron chi connectivity index (χ2n) is 5.08. The minimum atomic E-state index is -0.467. The fourth-order valence-electron chi connectivity index (χ4n) is 1.76. The van der Waals surface area contributed by atoms with Gasteiger partial charge in [-0.25, -0.2) is 9.18 Å². The summed E-state index contributed by atoms with van der Waals surface area (Å²) in [6, 6.07) is 5.78. The van der Waals surface area contributed by atoms with E-state index in [0.717, 1.165) is 6.42 Å². The van der Waals surface area contributed by atoms with Crippen LogP contribution in [0.4, 0.5) is 14.9 Å². The van der Waals surface area contributed by atoms with Gasteiger partial charge in [-0.15, -0.1) is 0 Å². The molecule has 0 saturated heterocycles. The molecule has 0 spiro atoms. The highest BCUT2D eigenvalue weighted by Gasteiger charge is 2.29. The molecule has 19 heavy (non-hydrogen) atoms. The number of carbonyl (C=O) groups is 1. The average Bonchev–Trinajstić information content (AvgIpc) is 2.38. The Balaban J connectivity index is 2.87. The van der Waals surface area contributed by atoms with Crippen molar-refractivity contribution in [3.63, 3.8) is 0 Å². The molecule has 0 fully saturated rings. The molecule has 0 saturated carbocycles. The number of benzene rings is 1. The molecule has 0 atom stereocenters. The van der Waals surface area contributed by atoms with Gasteiger partial charge in [-0.2, -0.15) is 0 Å². The summed E-state index contributed by atoms with van der Waals surface area (Å²) in [4.78, 5) is 13.9. The van der Waals surface area contributed by atoms with Gasteiger partial charge >= 0.3 is 6.03 Å². The number of urea groups is 1. The van der Waals surface area contributed by atoms with Crippen LogP contribution in [0.15, 0.2) is 24.3 Å². The van der Waals surface area contributed by atoms with Crippen molar-refractivity contribution in [1.82, 2.24) is 4.90 Å². The summed E-state index contributed by atoms with van der Waals surface area (Å²) in [5.74, 6) is -0.446. The summed E-state index contributed by atoms with van der Waals surface area (Å²) in [5.41, 5.74) is 5.42. The third-order valence-corrected chi connectivity index (χ3v) is 3.04. The van der Waals surface area contributed by atoms with Crippen LogP contribution >= 0.6 is 0 Å². The van der Waals surface area contributed by atoms with Gasteiger partial charge in [0.25, 0.3) is 0 Å². The first-order valence-electron chi connectivity index (χ1n) is 6.45. The lowest BCUT2D eigenvalue weighted by Gasteiger charge is -2.37. The van der Waals surface area contributed by atoms with E-state index in [1.807, 2.05) is 20.8 Å². The highest BCUT2D eigenvalue weighted by Crippen LogP contribution is 2.18. The predicted octanol–water partition coefficient (Wildman–Crippen LogP) is 2.81. The molecule has 0 bridgehead atoms. The first-order chi connectivity index (χ1) is 8.92. The van der Waals surface area contributed by atoms with Crippen LogP contribution in [0.5, 0.6) is 0 Å². The van der Waals surface area contributed by atoms with E-state index in [9.17, 15) is 9.18 Å². The molecule has 3 N–H and O–H groups in total. The maximum atomic E-state index is 13.5. The molecular formula is C14H22FN3O. The zero-order valence-corrected chi connectivity index (χ0v) is 11.7. The Kier molecular flexibility index (Phi) is 5.30. The van der Waals surface area contributed by atoms with Crippen LogP contribution in [0.2, 0.25) is 0 Å². The zero-order valence-electron chi connectivity index (χ0n) is 11.7. The highest BCUT2D eigenvalue weighted by atomic mass is 19.1. The van der Waals surface area contributed by atoms with E-state index in [4.69, 9.17) is 5.73 Å². The molecule has 0 aliphatic heterocycles. The Labute approximate surface area is 113 Å². The Hall–Kier alpha value is -1.62. The summed E-state index contributed by atoms with van der Waals surface area (Å²) >= 11 is 0. The molecule has 1 aromatic rings. The summed E-state index contributed by atoms with van der Waals surface area (Å²) < 4.78 is 13.5. The molecule has 1 rings (SSSR count). The number of halogens is 1. The molecule has 0 heterocycles. The molecule has 0 aliphatic rings. The minimum absolute atomic E-state index is 0.182. The van der Waals surface area contributed by atoms with Gasteiger partial charge in [0, 0.05) is 13.1 Å². The number of para-hydroxylation sites is 1. The number of amides is 2. The van der Waals surface area contributed by atoms with Gasteiger partial charge in [-0.3, -0.25) is 0 Å². The van der Waals surface area contributed by atoms with Crippen LogP contribution in [0.1, 0.15) is 27.2 Å². The number of anilines is 1. The minimum Gasteiger partial charge on any atom is -0.328 e. The summed E-state index contributed by atoms with van der Waals surface area (Å²) in [7, 11) is 0. The van der Waals surface area contributed by atoms with Crippen LogP contribution in [0, 0.1) is 5.82 Å². The first kappa shape index (κ1) is 15.4. The summed E-state index contributed by atoms with van der Waals surface area (Å²) in [6.07, 6.45) is 0.814. The second-order valence-corrected chi connectivity index (χ2v) is 5.08. The van der Waals surface area contributed by atoms with E-state index in [2.05, 4.69) is 5.32 Å². The third kappa shape index (κ3) is 3.92. The number of hydrogen-bond donors (Lipinski definition) is 2. The number of nitrogens with two attached hydrogens (primary N) is 1. The van der Waals surface area contributed by atoms with Crippen molar-refractivity contribution in [2.75, 3.05) is 18.4 Å². The van der Waals surface area contributed by atoms with E-state index in [0.29, 0.717) is 13.1 Å². The standard InChI is InChI=1S/C14H22FN3O/c1-4-9-18(14(2,3)10-16)13(19)17-12-8-6-5-7-11(12)15/h5-8H,4,9-10,16H2,1-3H3,(H,17,19). The van der Waals surface area contributed by atoms with E-state index in [1.165, 1.54) is 12.1 Å². The number of nitrogens with zero attached hydrogens (tertiary/aromatic N) is 1. The van der Waals surface area contributed by atoms with Gasteiger partial charge < -0.3 is 16.0 Å². The van der Waals surface area contributed by atoms with Gasteiger partial charge in [0.1, 0.15) is 5.82 Å². The van der Waals surface area contributed by atoms with Crippen LogP contribution in [0.3, 0.4) is 0 Å². The lowest BCUT2D eigenvalue weighted by Crippen LogP contribution is -2.54. The van der Waals surface area contributed by atoms with Crippen LogP contribution in [0.25, 0.3) is 0 Å². The quantitative estimate of drug-likeness (QED) is 0.861. The first-order valence-corrected chi connectivity index (χ1v) is 6.45. The van der Waals surface area contributed by atoms with Gasteiger partial charge in [-0.1, -0.05) is 19.1 Å². The lowest BCUT2D eigenvalue weighted by molar-refractivity contribution is 0.150. The summed E-state index contributed by atoms with van der Waals surface area (Å²) in [6.45, 7) is 6.69. The van der Waals surface area contributed by atoms with Crippen molar-refractivity contribution in [2.24, 2.45) is 5.73 Å². The fraction of sp³-hybridized carbons (Fsp3) is 0.500. The number of carbonyl (C=O) groups excluding carboxylic acids is 1. The van der Waals surface area contributed by atoms with Gasteiger partial charge in [-0.05, 0) is 32.4 Å². The number of rotatable bonds is 5. The largest absolute Gasteiger partial charge is 0.328 e. The Morgan fingerprint density at radius 1 is 1.42 bits per heavy atom. The van der Waals surface area contributed by atoms with E-state index >= 15 is 0 Å². The normalized spacial score (nSPS) is 11.2.